The van der Waals surface area contributed by atoms with Crippen molar-refractivity contribution >= 4 is 27.8 Å². The molecule has 0 aromatic heterocycles. The number of carbonyl (C=O) groups excluding carboxylic acids is 2. The number of esters is 1. The van der Waals surface area contributed by atoms with Crippen LogP contribution >= 0.6 is 15.9 Å². The lowest BCUT2D eigenvalue weighted by Gasteiger charge is -2.38. The van der Waals surface area contributed by atoms with Gasteiger partial charge in [-0.3, -0.25) is 4.79 Å². The van der Waals surface area contributed by atoms with Crippen LogP contribution in [0.3, 0.4) is 0 Å². The third-order valence-corrected chi connectivity index (χ3v) is 5.41. The highest BCUT2D eigenvalue weighted by molar-refractivity contribution is 9.10. The molecule has 0 radical (unpaired) electrons. The van der Waals surface area contributed by atoms with Gasteiger partial charge in [0.2, 0.25) is 5.91 Å². The molecule has 1 aromatic carbocycles. The van der Waals surface area contributed by atoms with Crippen molar-refractivity contribution in [1.29, 1.82) is 0 Å². The zero-order chi connectivity index (χ0) is 17.9. The zero-order valence-corrected chi connectivity index (χ0v) is 16.5. The molecule has 5 heteroatoms. The summed E-state index contributed by atoms with van der Waals surface area (Å²) < 4.78 is 6.00. The number of rotatable bonds is 4. The Morgan fingerprint density at radius 1 is 1.33 bits per heavy atom. The van der Waals surface area contributed by atoms with Crippen LogP contribution in [0.25, 0.3) is 0 Å². The number of halogens is 1. The van der Waals surface area contributed by atoms with Crippen molar-refractivity contribution in [3.05, 3.63) is 33.3 Å². The topological polar surface area (TPSA) is 55.4 Å². The van der Waals surface area contributed by atoms with E-state index >= 15 is 0 Å². The zero-order valence-electron chi connectivity index (χ0n) is 14.9. The number of methoxy groups -OCH3 is 1. The van der Waals surface area contributed by atoms with Crippen molar-refractivity contribution in [2.75, 3.05) is 7.11 Å². The van der Waals surface area contributed by atoms with Crippen molar-refractivity contribution in [3.63, 3.8) is 0 Å². The predicted octanol–water partition coefficient (Wildman–Crippen LogP) is 3.85. The Morgan fingerprint density at radius 3 is 2.50 bits per heavy atom. The van der Waals surface area contributed by atoms with Gasteiger partial charge in [-0.15, -0.1) is 0 Å². The van der Waals surface area contributed by atoms with Crippen LogP contribution in [-0.2, 0) is 20.7 Å². The fraction of sp³-hybridized carbons (Fsp3) is 0.579. The Hall–Kier alpha value is -1.36. The van der Waals surface area contributed by atoms with Crippen LogP contribution in [0.15, 0.2) is 16.6 Å². The molecule has 0 spiro atoms. The smallest absolute Gasteiger partial charge is 0.331 e. The maximum atomic E-state index is 12.7. The number of amides is 1. The van der Waals surface area contributed by atoms with Crippen LogP contribution < -0.4 is 5.32 Å². The van der Waals surface area contributed by atoms with E-state index in [0.717, 1.165) is 34.0 Å². The van der Waals surface area contributed by atoms with Gasteiger partial charge in [-0.1, -0.05) is 35.7 Å². The fourth-order valence-corrected chi connectivity index (χ4v) is 4.47. The van der Waals surface area contributed by atoms with Crippen LogP contribution in [0.5, 0.6) is 0 Å². The monoisotopic (exact) mass is 395 g/mol. The molecule has 0 saturated heterocycles. The highest BCUT2D eigenvalue weighted by Crippen LogP contribution is 2.33. The fourth-order valence-electron chi connectivity index (χ4n) is 3.79. The molecule has 24 heavy (non-hydrogen) atoms. The van der Waals surface area contributed by atoms with Crippen molar-refractivity contribution in [1.82, 2.24) is 5.32 Å². The minimum Gasteiger partial charge on any atom is -0.467 e. The van der Waals surface area contributed by atoms with Gasteiger partial charge in [-0.2, -0.15) is 0 Å². The molecule has 2 atom stereocenters. The predicted molar refractivity (Wildman–Crippen MR) is 97.8 cm³/mol. The Kier molecular flexibility index (Phi) is 6.07. The van der Waals surface area contributed by atoms with E-state index in [1.165, 1.54) is 7.11 Å². The van der Waals surface area contributed by atoms with Gasteiger partial charge in [0.1, 0.15) is 5.54 Å². The standard InChI is InChI=1S/C19H26BrNO3/c1-12-6-5-7-19(11-12,18(23)24-4)21-17(22)10-16-13(2)8-15(20)9-14(16)3/h8-9,12H,5-7,10-11H2,1-4H3,(H,21,22). The van der Waals surface area contributed by atoms with E-state index in [-0.39, 0.29) is 18.3 Å². The van der Waals surface area contributed by atoms with Crippen LogP contribution in [0.4, 0.5) is 0 Å². The van der Waals surface area contributed by atoms with Crippen molar-refractivity contribution in [3.8, 4) is 0 Å². The summed E-state index contributed by atoms with van der Waals surface area (Å²) in [4.78, 5) is 25.0. The molecule has 132 valence electrons. The molecule has 2 unspecified atom stereocenters. The van der Waals surface area contributed by atoms with Crippen molar-refractivity contribution in [2.45, 2.75) is 58.4 Å². The highest BCUT2D eigenvalue weighted by atomic mass is 79.9. The van der Waals surface area contributed by atoms with Crippen LogP contribution in [0, 0.1) is 19.8 Å². The van der Waals surface area contributed by atoms with E-state index in [2.05, 4.69) is 28.2 Å². The van der Waals surface area contributed by atoms with Gasteiger partial charge in [-0.05, 0) is 61.4 Å². The Labute approximate surface area is 152 Å². The van der Waals surface area contributed by atoms with Gasteiger partial charge < -0.3 is 10.1 Å². The van der Waals surface area contributed by atoms with Crippen LogP contribution in [-0.4, -0.2) is 24.5 Å². The quantitative estimate of drug-likeness (QED) is 0.787. The first-order chi connectivity index (χ1) is 11.3. The van der Waals surface area contributed by atoms with Crippen molar-refractivity contribution < 1.29 is 14.3 Å². The Bertz CT molecular complexity index is 620. The number of aryl methyl sites for hydroxylation is 2. The summed E-state index contributed by atoms with van der Waals surface area (Å²) in [6.07, 6.45) is 3.57. The van der Waals surface area contributed by atoms with Gasteiger partial charge in [-0.25, -0.2) is 4.79 Å². The SMILES string of the molecule is COC(=O)C1(NC(=O)Cc2c(C)cc(Br)cc2C)CCCC(C)C1. The molecule has 0 aliphatic heterocycles. The molecule has 4 nitrogen and oxygen atoms in total. The lowest BCUT2D eigenvalue weighted by molar-refractivity contribution is -0.153. The maximum absolute atomic E-state index is 12.7. The molecule has 1 N–H and O–H groups in total. The second kappa shape index (κ2) is 7.68. The van der Waals surface area contributed by atoms with Crippen molar-refractivity contribution in [2.24, 2.45) is 5.92 Å². The first-order valence-corrected chi connectivity index (χ1v) is 9.22. The number of hydrogen-bond donors (Lipinski definition) is 1. The number of ether oxygens (including phenoxy) is 1. The van der Waals surface area contributed by atoms with Gasteiger partial charge in [0.25, 0.3) is 0 Å². The van der Waals surface area contributed by atoms with Crippen LogP contribution in [0.2, 0.25) is 0 Å². The van der Waals surface area contributed by atoms with E-state index in [1.54, 1.807) is 0 Å². The third kappa shape index (κ3) is 4.18. The molecule has 2 rings (SSSR count). The number of nitrogens with one attached hydrogen (secondary N) is 1. The summed E-state index contributed by atoms with van der Waals surface area (Å²) in [6, 6.07) is 4.02. The van der Waals surface area contributed by atoms with E-state index in [1.807, 2.05) is 26.0 Å². The minimum absolute atomic E-state index is 0.122. The average molecular weight is 396 g/mol. The van der Waals surface area contributed by atoms with Gasteiger partial charge >= 0.3 is 5.97 Å². The number of benzene rings is 1. The van der Waals surface area contributed by atoms with E-state index in [9.17, 15) is 9.59 Å². The summed E-state index contributed by atoms with van der Waals surface area (Å²) in [5, 5.41) is 3.01. The molecule has 1 aliphatic carbocycles. The first kappa shape index (κ1) is 19.0. The molecule has 1 aromatic rings. The lowest BCUT2D eigenvalue weighted by atomic mass is 9.76. The van der Waals surface area contributed by atoms with Gasteiger partial charge in [0.05, 0.1) is 13.5 Å². The average Bonchev–Trinajstić information content (AvgIpc) is 2.50. The molecule has 1 amide bonds. The van der Waals surface area contributed by atoms with Crippen LogP contribution in [0.1, 0.15) is 49.3 Å². The summed E-state index contributed by atoms with van der Waals surface area (Å²) in [7, 11) is 1.39. The molecule has 1 saturated carbocycles. The Balaban J connectivity index is 2.18. The summed E-state index contributed by atoms with van der Waals surface area (Å²) in [5.74, 6) is -0.0519. The van der Waals surface area contributed by atoms with Gasteiger partial charge in [0.15, 0.2) is 0 Å². The van der Waals surface area contributed by atoms with E-state index in [4.69, 9.17) is 4.74 Å². The maximum Gasteiger partial charge on any atom is 0.331 e. The third-order valence-electron chi connectivity index (χ3n) is 4.95. The normalized spacial score (nSPS) is 23.6. The molecule has 1 fully saturated rings. The largest absolute Gasteiger partial charge is 0.467 e. The van der Waals surface area contributed by atoms with Gasteiger partial charge in [0, 0.05) is 4.47 Å². The number of hydrogen-bond acceptors (Lipinski definition) is 3. The summed E-state index contributed by atoms with van der Waals surface area (Å²) >= 11 is 3.47. The highest BCUT2D eigenvalue weighted by Gasteiger charge is 2.44. The molecular formula is C19H26BrNO3. The minimum atomic E-state index is -0.874. The molecular weight excluding hydrogens is 370 g/mol. The molecule has 1 aliphatic rings. The second-order valence-corrected chi connectivity index (χ2v) is 7.93. The summed E-state index contributed by atoms with van der Waals surface area (Å²) in [6.45, 7) is 6.12. The Morgan fingerprint density at radius 2 is 1.96 bits per heavy atom. The summed E-state index contributed by atoms with van der Waals surface area (Å²) in [5.41, 5.74) is 2.28. The van der Waals surface area contributed by atoms with E-state index in [0.29, 0.717) is 18.8 Å². The number of carbonyl (C=O) groups is 2. The molecule has 0 bridgehead atoms. The lowest BCUT2D eigenvalue weighted by Crippen LogP contribution is -2.57. The molecule has 0 heterocycles. The first-order valence-electron chi connectivity index (χ1n) is 8.42. The van der Waals surface area contributed by atoms with E-state index < -0.39 is 5.54 Å². The second-order valence-electron chi connectivity index (χ2n) is 7.02.